The van der Waals surface area contributed by atoms with Crippen molar-refractivity contribution in [2.45, 2.75) is 6.54 Å². The van der Waals surface area contributed by atoms with Crippen molar-refractivity contribution in [1.82, 2.24) is 9.78 Å². The summed E-state index contributed by atoms with van der Waals surface area (Å²) in [5.74, 6) is 1.38. The van der Waals surface area contributed by atoms with Crippen molar-refractivity contribution in [3.05, 3.63) is 71.4 Å². The minimum absolute atomic E-state index is 0.509. The first kappa shape index (κ1) is 16.2. The minimum Gasteiger partial charge on any atom is -0.493 e. The molecule has 0 bridgehead atoms. The molecular weight excluding hydrogens is 336 g/mol. The number of hydrogen-bond donors (Lipinski definition) is 0. The Morgan fingerprint density at radius 2 is 2.00 bits per heavy atom. The maximum atomic E-state index is 6.28. The van der Waals surface area contributed by atoms with Crippen LogP contribution in [0.4, 0.5) is 0 Å². The molecule has 25 heavy (non-hydrogen) atoms. The van der Waals surface area contributed by atoms with Gasteiger partial charge in [-0.3, -0.25) is 4.68 Å². The molecule has 4 rings (SSSR count). The van der Waals surface area contributed by atoms with Gasteiger partial charge < -0.3 is 9.47 Å². The maximum absolute atomic E-state index is 6.28. The molecule has 0 aliphatic carbocycles. The third-order valence-corrected chi connectivity index (χ3v) is 4.69. The molecule has 128 valence electrons. The zero-order chi connectivity index (χ0) is 17.1. The molecule has 1 saturated heterocycles. The summed E-state index contributed by atoms with van der Waals surface area (Å²) in [4.78, 5) is 0. The Labute approximate surface area is 152 Å². The van der Waals surface area contributed by atoms with E-state index in [9.17, 15) is 0 Å². The first-order valence-electron chi connectivity index (χ1n) is 8.36. The Hall–Kier alpha value is -2.30. The maximum Gasteiger partial charge on any atom is 0.119 e. The van der Waals surface area contributed by atoms with Crippen LogP contribution in [0.2, 0.25) is 5.02 Å². The van der Waals surface area contributed by atoms with Gasteiger partial charge in [-0.2, -0.15) is 5.10 Å². The van der Waals surface area contributed by atoms with Gasteiger partial charge >= 0.3 is 0 Å². The Morgan fingerprint density at radius 3 is 2.80 bits per heavy atom. The van der Waals surface area contributed by atoms with Gasteiger partial charge in [-0.25, -0.2) is 0 Å². The molecule has 1 fully saturated rings. The summed E-state index contributed by atoms with van der Waals surface area (Å²) in [5.41, 5.74) is 3.16. The highest BCUT2D eigenvalue weighted by molar-refractivity contribution is 6.31. The normalized spacial score (nSPS) is 14.3. The Morgan fingerprint density at radius 1 is 1.12 bits per heavy atom. The molecule has 0 N–H and O–H groups in total. The summed E-state index contributed by atoms with van der Waals surface area (Å²) in [7, 11) is 0. The van der Waals surface area contributed by atoms with Gasteiger partial charge in [0.05, 0.1) is 32.1 Å². The molecule has 2 heterocycles. The van der Waals surface area contributed by atoms with Crippen molar-refractivity contribution >= 4 is 11.6 Å². The Balaban J connectivity index is 1.54. The van der Waals surface area contributed by atoms with Crippen LogP contribution in [0.3, 0.4) is 0 Å². The van der Waals surface area contributed by atoms with Crippen molar-refractivity contribution < 1.29 is 9.47 Å². The smallest absolute Gasteiger partial charge is 0.119 e. The van der Waals surface area contributed by atoms with Crippen LogP contribution in [0.25, 0.3) is 11.3 Å². The van der Waals surface area contributed by atoms with E-state index >= 15 is 0 Å². The SMILES string of the molecule is Clc1ccccc1Cn1nccc1-c1cccc(OCC2COC2)c1. The third kappa shape index (κ3) is 3.70. The monoisotopic (exact) mass is 354 g/mol. The summed E-state index contributed by atoms with van der Waals surface area (Å²) in [6.45, 7) is 2.92. The molecule has 2 aromatic carbocycles. The molecule has 0 spiro atoms. The van der Waals surface area contributed by atoms with Crippen LogP contribution < -0.4 is 4.74 Å². The van der Waals surface area contributed by atoms with Gasteiger partial charge in [0.15, 0.2) is 0 Å². The van der Waals surface area contributed by atoms with E-state index in [1.165, 1.54) is 0 Å². The molecule has 0 saturated carbocycles. The van der Waals surface area contributed by atoms with Gasteiger partial charge in [-0.1, -0.05) is 41.9 Å². The van der Waals surface area contributed by atoms with Crippen LogP contribution in [-0.4, -0.2) is 29.6 Å². The van der Waals surface area contributed by atoms with Crippen LogP contribution in [0, 0.1) is 5.92 Å². The number of aromatic nitrogens is 2. The van der Waals surface area contributed by atoms with Crippen molar-refractivity contribution in [1.29, 1.82) is 0 Å². The zero-order valence-electron chi connectivity index (χ0n) is 13.8. The molecule has 1 aliphatic heterocycles. The highest BCUT2D eigenvalue weighted by Crippen LogP contribution is 2.26. The molecule has 0 atom stereocenters. The highest BCUT2D eigenvalue weighted by Gasteiger charge is 2.19. The van der Waals surface area contributed by atoms with E-state index in [0.717, 1.165) is 40.8 Å². The lowest BCUT2D eigenvalue weighted by molar-refractivity contribution is -0.0508. The van der Waals surface area contributed by atoms with Gasteiger partial charge in [-0.15, -0.1) is 0 Å². The number of halogens is 1. The standard InChI is InChI=1S/C20H19ClN2O2/c21-19-7-2-1-4-17(19)11-23-20(8-9-22-23)16-5-3-6-18(10-16)25-14-15-12-24-13-15/h1-10,15H,11-14H2. The van der Waals surface area contributed by atoms with Crippen LogP contribution in [-0.2, 0) is 11.3 Å². The van der Waals surface area contributed by atoms with E-state index in [2.05, 4.69) is 17.2 Å². The van der Waals surface area contributed by atoms with E-state index in [1.54, 1.807) is 0 Å². The van der Waals surface area contributed by atoms with E-state index in [-0.39, 0.29) is 0 Å². The van der Waals surface area contributed by atoms with Crippen LogP contribution in [0.1, 0.15) is 5.56 Å². The Kier molecular flexibility index (Phi) is 4.72. The fourth-order valence-electron chi connectivity index (χ4n) is 2.83. The number of benzene rings is 2. The van der Waals surface area contributed by atoms with Gasteiger partial charge in [0.1, 0.15) is 5.75 Å². The van der Waals surface area contributed by atoms with E-state index in [1.807, 2.05) is 53.3 Å². The molecule has 3 aromatic rings. The van der Waals surface area contributed by atoms with Crippen LogP contribution in [0.5, 0.6) is 5.75 Å². The fourth-order valence-corrected chi connectivity index (χ4v) is 3.03. The molecule has 1 aliphatic rings. The van der Waals surface area contributed by atoms with Crippen molar-refractivity contribution in [3.8, 4) is 17.0 Å². The predicted molar refractivity (Wildman–Crippen MR) is 98.0 cm³/mol. The number of rotatable bonds is 6. The lowest BCUT2D eigenvalue weighted by Gasteiger charge is -2.25. The lowest BCUT2D eigenvalue weighted by atomic mass is 10.1. The quantitative estimate of drug-likeness (QED) is 0.663. The lowest BCUT2D eigenvalue weighted by Crippen LogP contribution is -2.32. The summed E-state index contributed by atoms with van der Waals surface area (Å²) in [5, 5.41) is 5.21. The average Bonchev–Trinajstić information content (AvgIpc) is 3.04. The average molecular weight is 355 g/mol. The van der Waals surface area contributed by atoms with Crippen molar-refractivity contribution in [3.63, 3.8) is 0 Å². The van der Waals surface area contributed by atoms with Gasteiger partial charge in [0.2, 0.25) is 0 Å². The molecule has 4 nitrogen and oxygen atoms in total. The second kappa shape index (κ2) is 7.30. The molecule has 0 unspecified atom stereocenters. The fraction of sp³-hybridized carbons (Fsp3) is 0.250. The topological polar surface area (TPSA) is 36.3 Å². The number of nitrogens with zero attached hydrogens (tertiary/aromatic N) is 2. The summed E-state index contributed by atoms with van der Waals surface area (Å²) < 4.78 is 13.0. The molecular formula is C20H19ClN2O2. The minimum atomic E-state index is 0.509. The molecule has 0 amide bonds. The summed E-state index contributed by atoms with van der Waals surface area (Å²) in [6, 6.07) is 18.0. The number of hydrogen-bond acceptors (Lipinski definition) is 3. The molecule has 5 heteroatoms. The van der Waals surface area contributed by atoms with Gasteiger partial charge in [0, 0.05) is 22.7 Å². The Bertz CT molecular complexity index is 858. The highest BCUT2D eigenvalue weighted by atomic mass is 35.5. The van der Waals surface area contributed by atoms with E-state index in [0.29, 0.717) is 19.1 Å². The van der Waals surface area contributed by atoms with E-state index in [4.69, 9.17) is 21.1 Å². The summed E-state index contributed by atoms with van der Waals surface area (Å²) >= 11 is 6.28. The molecule has 1 aromatic heterocycles. The largest absolute Gasteiger partial charge is 0.493 e. The molecule has 0 radical (unpaired) electrons. The van der Waals surface area contributed by atoms with Crippen molar-refractivity contribution in [2.24, 2.45) is 5.92 Å². The van der Waals surface area contributed by atoms with Crippen molar-refractivity contribution in [2.75, 3.05) is 19.8 Å². The predicted octanol–water partition coefficient (Wildman–Crippen LogP) is 4.28. The first-order chi connectivity index (χ1) is 12.3. The van der Waals surface area contributed by atoms with Crippen LogP contribution in [0.15, 0.2) is 60.8 Å². The van der Waals surface area contributed by atoms with Crippen LogP contribution >= 0.6 is 11.6 Å². The zero-order valence-corrected chi connectivity index (χ0v) is 14.5. The second-order valence-corrected chi connectivity index (χ2v) is 6.62. The number of ether oxygens (including phenoxy) is 2. The van der Waals surface area contributed by atoms with E-state index < -0.39 is 0 Å². The van der Waals surface area contributed by atoms with Gasteiger partial charge in [-0.05, 0) is 29.8 Å². The second-order valence-electron chi connectivity index (χ2n) is 6.21. The third-order valence-electron chi connectivity index (χ3n) is 4.32. The first-order valence-corrected chi connectivity index (χ1v) is 8.73. The summed E-state index contributed by atoms with van der Waals surface area (Å²) in [6.07, 6.45) is 1.81. The van der Waals surface area contributed by atoms with Gasteiger partial charge in [0.25, 0.3) is 0 Å².